The summed E-state index contributed by atoms with van der Waals surface area (Å²) < 4.78 is 15.6. The molecule has 0 saturated heterocycles. The van der Waals surface area contributed by atoms with E-state index < -0.39 is 0 Å². The Hall–Kier alpha value is -2.58. The molecule has 1 amide bonds. The highest BCUT2D eigenvalue weighted by molar-refractivity contribution is 7.08. The third-order valence-corrected chi connectivity index (χ3v) is 4.54. The second kappa shape index (κ2) is 8.20. The third-order valence-electron chi connectivity index (χ3n) is 3.56. The summed E-state index contributed by atoms with van der Waals surface area (Å²) in [5.41, 5.74) is 1.36. The molecule has 0 atom stereocenters. The summed E-state index contributed by atoms with van der Waals surface area (Å²) in [6.07, 6.45) is 0.507. The van der Waals surface area contributed by atoms with Crippen molar-refractivity contribution in [3.05, 3.63) is 39.9 Å². The summed E-state index contributed by atoms with van der Waals surface area (Å²) in [4.78, 5) is 16.5. The fraction of sp³-hybridized carbons (Fsp3) is 0.235. The minimum atomic E-state index is -0.222. The highest BCUT2D eigenvalue weighted by atomic mass is 35.5. The fourth-order valence-corrected chi connectivity index (χ4v) is 3.13. The minimum absolute atomic E-state index is 0.179. The fourth-order valence-electron chi connectivity index (χ4n) is 2.26. The second-order valence-corrected chi connectivity index (χ2v) is 6.45. The predicted octanol–water partition coefficient (Wildman–Crippen LogP) is 4.04. The van der Waals surface area contributed by atoms with Gasteiger partial charge >= 0.3 is 0 Å². The molecule has 0 aliphatic carbocycles. The van der Waals surface area contributed by atoms with Crippen molar-refractivity contribution in [3.8, 4) is 22.9 Å². The number of benzene rings is 1. The first-order valence-electron chi connectivity index (χ1n) is 7.67. The number of amides is 1. The number of hydrogen-bond acceptors (Lipinski definition) is 7. The topological polar surface area (TPSA) is 86.5 Å². The number of ether oxygens (including phenoxy) is 2. The van der Waals surface area contributed by atoms with Crippen molar-refractivity contribution in [1.82, 2.24) is 10.1 Å². The Bertz CT molecular complexity index is 896. The Morgan fingerprint density at radius 3 is 2.81 bits per heavy atom. The van der Waals surface area contributed by atoms with Gasteiger partial charge in [-0.1, -0.05) is 16.8 Å². The Morgan fingerprint density at radius 2 is 2.12 bits per heavy atom. The molecule has 0 aliphatic rings. The number of anilines is 1. The van der Waals surface area contributed by atoms with Gasteiger partial charge in [0.05, 0.1) is 24.9 Å². The van der Waals surface area contributed by atoms with E-state index in [0.717, 1.165) is 5.56 Å². The molecule has 2 heterocycles. The molecule has 0 fully saturated rings. The van der Waals surface area contributed by atoms with E-state index in [1.807, 2.05) is 16.8 Å². The average Bonchev–Trinajstić information content (AvgIpc) is 3.31. The van der Waals surface area contributed by atoms with Crippen LogP contribution in [0.1, 0.15) is 12.3 Å². The zero-order chi connectivity index (χ0) is 18.5. The van der Waals surface area contributed by atoms with E-state index in [4.69, 9.17) is 25.6 Å². The van der Waals surface area contributed by atoms with Crippen molar-refractivity contribution in [2.45, 2.75) is 12.8 Å². The van der Waals surface area contributed by atoms with Crippen molar-refractivity contribution in [1.29, 1.82) is 0 Å². The van der Waals surface area contributed by atoms with Gasteiger partial charge in [0.15, 0.2) is 0 Å². The number of aryl methyl sites for hydroxylation is 1. The first-order valence-corrected chi connectivity index (χ1v) is 8.99. The van der Waals surface area contributed by atoms with Gasteiger partial charge in [-0.05, 0) is 17.5 Å². The van der Waals surface area contributed by atoms with Gasteiger partial charge in [-0.25, -0.2) is 0 Å². The van der Waals surface area contributed by atoms with Crippen LogP contribution in [0.3, 0.4) is 0 Å². The molecular formula is C17H16ClN3O4S. The number of rotatable bonds is 7. The maximum absolute atomic E-state index is 12.2. The number of methoxy groups -OCH3 is 2. The molecule has 2 aromatic heterocycles. The molecule has 136 valence electrons. The largest absolute Gasteiger partial charge is 0.495 e. The molecule has 1 aromatic carbocycles. The van der Waals surface area contributed by atoms with E-state index in [9.17, 15) is 4.79 Å². The summed E-state index contributed by atoms with van der Waals surface area (Å²) in [7, 11) is 3.01. The normalized spacial score (nSPS) is 10.6. The smallest absolute Gasteiger partial charge is 0.227 e. The van der Waals surface area contributed by atoms with Gasteiger partial charge in [-0.2, -0.15) is 16.3 Å². The van der Waals surface area contributed by atoms with Crippen LogP contribution in [0.5, 0.6) is 11.5 Å². The van der Waals surface area contributed by atoms with E-state index >= 15 is 0 Å². The van der Waals surface area contributed by atoms with E-state index in [1.165, 1.54) is 14.2 Å². The summed E-state index contributed by atoms with van der Waals surface area (Å²) in [6.45, 7) is 0. The molecule has 1 N–H and O–H groups in total. The number of thiophene rings is 1. The molecule has 3 rings (SSSR count). The number of aromatic nitrogens is 2. The van der Waals surface area contributed by atoms with Crippen molar-refractivity contribution < 1.29 is 18.8 Å². The number of hydrogen-bond donors (Lipinski definition) is 1. The van der Waals surface area contributed by atoms with Crippen LogP contribution < -0.4 is 14.8 Å². The molecule has 0 unspecified atom stereocenters. The summed E-state index contributed by atoms with van der Waals surface area (Å²) >= 11 is 7.66. The van der Waals surface area contributed by atoms with E-state index in [-0.39, 0.29) is 12.3 Å². The number of nitrogens with zero attached hydrogens (tertiary/aromatic N) is 2. The van der Waals surface area contributed by atoms with Gasteiger partial charge in [0.1, 0.15) is 11.5 Å². The highest BCUT2D eigenvalue weighted by Crippen LogP contribution is 2.35. The van der Waals surface area contributed by atoms with E-state index in [1.54, 1.807) is 23.5 Å². The number of nitrogens with one attached hydrogen (secondary N) is 1. The first-order chi connectivity index (χ1) is 12.6. The molecule has 7 nitrogen and oxygen atoms in total. The second-order valence-electron chi connectivity index (χ2n) is 5.26. The van der Waals surface area contributed by atoms with Crippen LogP contribution in [0.25, 0.3) is 11.4 Å². The van der Waals surface area contributed by atoms with Crippen molar-refractivity contribution in [2.24, 2.45) is 0 Å². The summed E-state index contributed by atoms with van der Waals surface area (Å²) in [6, 6.07) is 5.10. The maximum atomic E-state index is 12.2. The van der Waals surface area contributed by atoms with Crippen LogP contribution in [0.15, 0.2) is 33.5 Å². The standard InChI is InChI=1S/C17H16ClN3O4S/c1-23-13-8-14(24-2)12(7-11(13)18)19-15(22)3-4-16-20-17(21-25-16)10-5-6-26-9-10/h5-9H,3-4H2,1-2H3,(H,19,22). The summed E-state index contributed by atoms with van der Waals surface area (Å²) in [5.74, 6) is 1.62. The zero-order valence-corrected chi connectivity index (χ0v) is 15.7. The predicted molar refractivity (Wildman–Crippen MR) is 99.1 cm³/mol. The van der Waals surface area contributed by atoms with Crippen LogP contribution in [0.2, 0.25) is 5.02 Å². The zero-order valence-electron chi connectivity index (χ0n) is 14.1. The van der Waals surface area contributed by atoms with Gasteiger partial charge in [0.2, 0.25) is 17.6 Å². The van der Waals surface area contributed by atoms with Crippen LogP contribution in [-0.2, 0) is 11.2 Å². The molecule has 26 heavy (non-hydrogen) atoms. The number of carbonyl (C=O) groups excluding carboxylic acids is 1. The monoisotopic (exact) mass is 393 g/mol. The summed E-state index contributed by atoms with van der Waals surface area (Å²) in [5, 5.41) is 10.9. The molecule has 0 spiro atoms. The SMILES string of the molecule is COc1cc(OC)c(NC(=O)CCc2nc(-c3ccsc3)no2)cc1Cl. The van der Waals surface area contributed by atoms with Gasteiger partial charge in [-0.15, -0.1) is 0 Å². The van der Waals surface area contributed by atoms with Crippen LogP contribution in [0, 0.1) is 0 Å². The lowest BCUT2D eigenvalue weighted by Gasteiger charge is -2.12. The molecular weight excluding hydrogens is 378 g/mol. The molecule has 9 heteroatoms. The van der Waals surface area contributed by atoms with Gasteiger partial charge < -0.3 is 19.3 Å². The molecule has 0 saturated carbocycles. The van der Waals surface area contributed by atoms with E-state index in [0.29, 0.717) is 40.3 Å². The lowest BCUT2D eigenvalue weighted by molar-refractivity contribution is -0.116. The third kappa shape index (κ3) is 4.14. The quantitative estimate of drug-likeness (QED) is 0.651. The van der Waals surface area contributed by atoms with Gasteiger partial charge in [0, 0.05) is 29.9 Å². The highest BCUT2D eigenvalue weighted by Gasteiger charge is 2.14. The van der Waals surface area contributed by atoms with Crippen molar-refractivity contribution in [3.63, 3.8) is 0 Å². The van der Waals surface area contributed by atoms with Crippen LogP contribution >= 0.6 is 22.9 Å². The van der Waals surface area contributed by atoms with Crippen LogP contribution in [-0.4, -0.2) is 30.3 Å². The number of halogens is 1. The lowest BCUT2D eigenvalue weighted by Crippen LogP contribution is -2.13. The molecule has 3 aromatic rings. The van der Waals surface area contributed by atoms with E-state index in [2.05, 4.69) is 15.5 Å². The van der Waals surface area contributed by atoms with Crippen LogP contribution in [0.4, 0.5) is 5.69 Å². The van der Waals surface area contributed by atoms with Crippen molar-refractivity contribution >= 4 is 34.5 Å². The lowest BCUT2D eigenvalue weighted by atomic mass is 10.2. The maximum Gasteiger partial charge on any atom is 0.227 e. The van der Waals surface area contributed by atoms with Gasteiger partial charge in [0.25, 0.3) is 0 Å². The minimum Gasteiger partial charge on any atom is -0.495 e. The number of carbonyl (C=O) groups is 1. The first kappa shape index (κ1) is 18.2. The Morgan fingerprint density at radius 1 is 1.31 bits per heavy atom. The molecule has 0 radical (unpaired) electrons. The average molecular weight is 394 g/mol. The van der Waals surface area contributed by atoms with Gasteiger partial charge in [-0.3, -0.25) is 4.79 Å². The Balaban J connectivity index is 1.62. The Kier molecular flexibility index (Phi) is 5.75. The van der Waals surface area contributed by atoms with Crippen molar-refractivity contribution in [2.75, 3.05) is 19.5 Å². The molecule has 0 bridgehead atoms. The molecule has 0 aliphatic heterocycles. The Labute approximate surface area is 158 Å².